The maximum absolute atomic E-state index is 13.1. The minimum Gasteiger partial charge on any atom is -0.377 e. The fourth-order valence-corrected chi connectivity index (χ4v) is 2.69. The van der Waals surface area contributed by atoms with Gasteiger partial charge in [-0.1, -0.05) is 37.9 Å². The molecule has 2 nitrogen and oxygen atoms in total. The van der Waals surface area contributed by atoms with Crippen LogP contribution in [0, 0.1) is 5.82 Å². The Kier molecular flexibility index (Phi) is 4.96. The van der Waals surface area contributed by atoms with E-state index in [1.165, 1.54) is 12.1 Å². The van der Waals surface area contributed by atoms with Gasteiger partial charge in [0, 0.05) is 21.2 Å². The molecule has 5 heteroatoms. The molecule has 19 heavy (non-hydrogen) atoms. The van der Waals surface area contributed by atoms with Gasteiger partial charge in [-0.15, -0.1) is 0 Å². The molecule has 0 aliphatic heterocycles. The van der Waals surface area contributed by atoms with Crippen molar-refractivity contribution in [3.63, 3.8) is 0 Å². The van der Waals surface area contributed by atoms with Gasteiger partial charge >= 0.3 is 0 Å². The summed E-state index contributed by atoms with van der Waals surface area (Å²) in [4.78, 5) is 0. The van der Waals surface area contributed by atoms with Crippen molar-refractivity contribution in [2.24, 2.45) is 5.73 Å². The second-order valence-corrected chi connectivity index (χ2v) is 5.88. The fraction of sp³-hybridized carbons (Fsp3) is 0.143. The summed E-state index contributed by atoms with van der Waals surface area (Å²) in [5.41, 5.74) is 7.71. The first kappa shape index (κ1) is 14.5. The lowest BCUT2D eigenvalue weighted by molar-refractivity contribution is 0.624. The minimum absolute atomic E-state index is 0.0730. The van der Waals surface area contributed by atoms with E-state index >= 15 is 0 Å². The molecule has 0 aliphatic carbocycles. The van der Waals surface area contributed by atoms with E-state index < -0.39 is 0 Å². The van der Waals surface area contributed by atoms with Crippen molar-refractivity contribution in [1.29, 1.82) is 0 Å². The third-order valence-electron chi connectivity index (χ3n) is 2.76. The molecule has 0 radical (unpaired) electrons. The van der Waals surface area contributed by atoms with E-state index in [2.05, 4.69) is 37.2 Å². The molecule has 2 aromatic carbocycles. The molecule has 1 atom stereocenters. The summed E-state index contributed by atoms with van der Waals surface area (Å²) in [6.07, 6.45) is 0. The second kappa shape index (κ2) is 6.50. The van der Waals surface area contributed by atoms with Gasteiger partial charge in [0.05, 0.1) is 6.04 Å². The average molecular weight is 388 g/mol. The predicted octanol–water partition coefficient (Wildman–Crippen LogP) is 4.46. The monoisotopic (exact) mass is 386 g/mol. The van der Waals surface area contributed by atoms with Gasteiger partial charge in [0.25, 0.3) is 0 Å². The van der Waals surface area contributed by atoms with Gasteiger partial charge in [0.15, 0.2) is 0 Å². The van der Waals surface area contributed by atoms with Crippen LogP contribution < -0.4 is 11.1 Å². The van der Waals surface area contributed by atoms with Crippen molar-refractivity contribution in [1.82, 2.24) is 0 Å². The maximum Gasteiger partial charge on any atom is 0.124 e. The molecule has 0 bridgehead atoms. The van der Waals surface area contributed by atoms with Crippen LogP contribution >= 0.6 is 31.9 Å². The minimum atomic E-state index is -0.268. The fourth-order valence-electron chi connectivity index (χ4n) is 1.80. The molecule has 100 valence electrons. The Hall–Kier alpha value is -0.910. The zero-order valence-electron chi connectivity index (χ0n) is 10.0. The number of nitrogens with two attached hydrogens (primary N) is 1. The number of benzene rings is 2. The van der Waals surface area contributed by atoms with Crippen molar-refractivity contribution in [3.8, 4) is 0 Å². The SMILES string of the molecule is NCC(Nc1ccc(Br)cc1)c1ccc(F)cc1Br. The van der Waals surface area contributed by atoms with E-state index in [1.807, 2.05) is 24.3 Å². The zero-order chi connectivity index (χ0) is 13.8. The van der Waals surface area contributed by atoms with Crippen LogP contribution in [-0.2, 0) is 0 Å². The molecule has 0 heterocycles. The molecule has 0 amide bonds. The van der Waals surface area contributed by atoms with E-state index in [0.717, 1.165) is 15.7 Å². The summed E-state index contributed by atoms with van der Waals surface area (Å²) in [5.74, 6) is -0.268. The molecule has 0 saturated carbocycles. The second-order valence-electron chi connectivity index (χ2n) is 4.11. The van der Waals surface area contributed by atoms with Crippen LogP contribution in [0.5, 0.6) is 0 Å². The molecule has 2 aromatic rings. The van der Waals surface area contributed by atoms with Crippen LogP contribution in [0.2, 0.25) is 0 Å². The highest BCUT2D eigenvalue weighted by Gasteiger charge is 2.13. The van der Waals surface area contributed by atoms with Crippen molar-refractivity contribution in [2.45, 2.75) is 6.04 Å². The Morgan fingerprint density at radius 3 is 2.37 bits per heavy atom. The highest BCUT2D eigenvalue weighted by molar-refractivity contribution is 9.10. The normalized spacial score (nSPS) is 12.2. The largest absolute Gasteiger partial charge is 0.377 e. The van der Waals surface area contributed by atoms with Gasteiger partial charge in [-0.3, -0.25) is 0 Å². The Labute approximate surface area is 128 Å². The molecule has 3 N–H and O–H groups in total. The van der Waals surface area contributed by atoms with Gasteiger partial charge < -0.3 is 11.1 Å². The molecule has 0 fully saturated rings. The molecule has 1 unspecified atom stereocenters. The number of rotatable bonds is 4. The topological polar surface area (TPSA) is 38.0 Å². The first-order valence-corrected chi connectivity index (χ1v) is 7.36. The number of anilines is 1. The van der Waals surface area contributed by atoms with Crippen molar-refractivity contribution in [2.75, 3.05) is 11.9 Å². The Bertz CT molecular complexity index is 558. The summed E-state index contributed by atoms with van der Waals surface area (Å²) in [6, 6.07) is 12.4. The lowest BCUT2D eigenvalue weighted by atomic mass is 10.1. The van der Waals surface area contributed by atoms with E-state index in [-0.39, 0.29) is 11.9 Å². The predicted molar refractivity (Wildman–Crippen MR) is 83.7 cm³/mol. The van der Waals surface area contributed by atoms with E-state index in [1.54, 1.807) is 6.07 Å². The third-order valence-corrected chi connectivity index (χ3v) is 3.97. The molecule has 2 rings (SSSR count). The lowest BCUT2D eigenvalue weighted by Gasteiger charge is -2.20. The first-order chi connectivity index (χ1) is 9.10. The Morgan fingerprint density at radius 2 is 1.79 bits per heavy atom. The van der Waals surface area contributed by atoms with E-state index in [9.17, 15) is 4.39 Å². The third kappa shape index (κ3) is 3.78. The smallest absolute Gasteiger partial charge is 0.124 e. The summed E-state index contributed by atoms with van der Waals surface area (Å²) >= 11 is 6.76. The van der Waals surface area contributed by atoms with Crippen LogP contribution in [0.25, 0.3) is 0 Å². The molecule has 0 saturated heterocycles. The summed E-state index contributed by atoms with van der Waals surface area (Å²) in [7, 11) is 0. The molecule has 0 aliphatic rings. The maximum atomic E-state index is 13.1. The quantitative estimate of drug-likeness (QED) is 0.812. The van der Waals surface area contributed by atoms with Crippen LogP contribution in [-0.4, -0.2) is 6.54 Å². The average Bonchev–Trinajstić information content (AvgIpc) is 2.39. The standard InChI is InChI=1S/C14H13Br2FN2/c15-9-1-4-11(5-2-9)19-14(8-18)12-6-3-10(17)7-13(12)16/h1-7,14,19H,8,18H2. The zero-order valence-corrected chi connectivity index (χ0v) is 13.2. The number of hydrogen-bond donors (Lipinski definition) is 2. The van der Waals surface area contributed by atoms with Gasteiger partial charge in [-0.05, 0) is 42.0 Å². The van der Waals surface area contributed by atoms with Crippen molar-refractivity contribution >= 4 is 37.5 Å². The first-order valence-electron chi connectivity index (χ1n) is 5.77. The number of halogens is 3. The Balaban J connectivity index is 2.22. The lowest BCUT2D eigenvalue weighted by Crippen LogP contribution is -2.21. The summed E-state index contributed by atoms with van der Waals surface area (Å²) in [6.45, 7) is 0.417. The van der Waals surface area contributed by atoms with Gasteiger partial charge in [-0.25, -0.2) is 4.39 Å². The van der Waals surface area contributed by atoms with Crippen LogP contribution in [0.1, 0.15) is 11.6 Å². The van der Waals surface area contributed by atoms with E-state index in [4.69, 9.17) is 5.73 Å². The van der Waals surface area contributed by atoms with Gasteiger partial charge in [0.1, 0.15) is 5.82 Å². The van der Waals surface area contributed by atoms with Crippen LogP contribution in [0.15, 0.2) is 51.4 Å². The molecular formula is C14H13Br2FN2. The summed E-state index contributed by atoms with van der Waals surface area (Å²) in [5, 5.41) is 3.33. The highest BCUT2D eigenvalue weighted by Crippen LogP contribution is 2.27. The van der Waals surface area contributed by atoms with Crippen LogP contribution in [0.4, 0.5) is 10.1 Å². The van der Waals surface area contributed by atoms with Gasteiger partial charge in [0.2, 0.25) is 0 Å². The Morgan fingerprint density at radius 1 is 1.11 bits per heavy atom. The summed E-state index contributed by atoms with van der Waals surface area (Å²) < 4.78 is 14.8. The van der Waals surface area contributed by atoms with Crippen LogP contribution in [0.3, 0.4) is 0 Å². The van der Waals surface area contributed by atoms with Crippen molar-refractivity contribution in [3.05, 3.63) is 62.8 Å². The highest BCUT2D eigenvalue weighted by atomic mass is 79.9. The van der Waals surface area contributed by atoms with E-state index in [0.29, 0.717) is 11.0 Å². The number of hydrogen-bond acceptors (Lipinski definition) is 2. The molecule has 0 spiro atoms. The molecule has 0 aromatic heterocycles. The molecular weight excluding hydrogens is 375 g/mol. The van der Waals surface area contributed by atoms with Crippen molar-refractivity contribution < 1.29 is 4.39 Å². The number of nitrogens with one attached hydrogen (secondary N) is 1. The van der Waals surface area contributed by atoms with Gasteiger partial charge in [-0.2, -0.15) is 0 Å².